The van der Waals surface area contributed by atoms with Gasteiger partial charge >= 0.3 is 5.97 Å². The minimum Gasteiger partial charge on any atom is -0.493 e. The van der Waals surface area contributed by atoms with Gasteiger partial charge in [0.1, 0.15) is 31.0 Å². The number of aliphatic hydroxyl groups is 3. The summed E-state index contributed by atoms with van der Waals surface area (Å²) in [4.78, 5) is 11.9. The van der Waals surface area contributed by atoms with Gasteiger partial charge in [0.15, 0.2) is 17.8 Å². The number of ether oxygens (including phenoxy) is 5. The molecule has 1 saturated heterocycles. The summed E-state index contributed by atoms with van der Waals surface area (Å²) < 4.78 is 25.5. The van der Waals surface area contributed by atoms with E-state index in [1.165, 1.54) is 33.5 Å². The molecule has 1 aromatic carbocycles. The second kappa shape index (κ2) is 9.67. The van der Waals surface area contributed by atoms with E-state index in [1.54, 1.807) is 18.2 Å². The van der Waals surface area contributed by atoms with Crippen LogP contribution >= 0.6 is 0 Å². The van der Waals surface area contributed by atoms with Crippen LogP contribution in [-0.4, -0.2) is 79.9 Å². The normalized spacial score (nSPS) is 28.1. The highest BCUT2D eigenvalue weighted by atomic mass is 16.7. The Balaban J connectivity index is 1.93. The third kappa shape index (κ3) is 5.18. The molecule has 1 fully saturated rings. The fourth-order valence-corrected chi connectivity index (χ4v) is 2.58. The first-order valence-electron chi connectivity index (χ1n) is 8.20. The summed E-state index contributed by atoms with van der Waals surface area (Å²) >= 11 is 0. The zero-order chi connectivity index (χ0) is 20.0. The second-order valence-corrected chi connectivity index (χ2v) is 5.83. The standard InChI is InChI=1S/C18H24O9/c1-23-11-6-4-10(8-12(11)24-2)5-7-14(19)26-9-13-15(20)16(21)17(22)18(25-3)27-13/h4-8,13,15-18,20-22H,9H2,1-3H3/b7-5+/t13-,15-,16+,17-,18+/m1/s1. The van der Waals surface area contributed by atoms with Crippen molar-refractivity contribution in [2.75, 3.05) is 27.9 Å². The highest BCUT2D eigenvalue weighted by molar-refractivity contribution is 5.87. The van der Waals surface area contributed by atoms with Crippen LogP contribution in [0.25, 0.3) is 6.08 Å². The molecule has 1 aliphatic heterocycles. The average molecular weight is 384 g/mol. The zero-order valence-electron chi connectivity index (χ0n) is 15.3. The van der Waals surface area contributed by atoms with E-state index in [-0.39, 0.29) is 6.61 Å². The van der Waals surface area contributed by atoms with E-state index in [0.29, 0.717) is 17.1 Å². The van der Waals surface area contributed by atoms with Gasteiger partial charge in [0.05, 0.1) is 14.2 Å². The Morgan fingerprint density at radius 3 is 2.41 bits per heavy atom. The van der Waals surface area contributed by atoms with Crippen molar-refractivity contribution in [2.24, 2.45) is 0 Å². The maximum absolute atomic E-state index is 11.9. The quantitative estimate of drug-likeness (QED) is 0.430. The predicted octanol–water partition coefficient (Wildman–Crippen LogP) is -0.286. The third-order valence-corrected chi connectivity index (χ3v) is 4.11. The van der Waals surface area contributed by atoms with E-state index in [2.05, 4.69) is 0 Å². The molecule has 2 rings (SSSR count). The van der Waals surface area contributed by atoms with Gasteiger partial charge in [0.25, 0.3) is 0 Å². The lowest BCUT2D eigenvalue weighted by Crippen LogP contribution is -2.59. The number of aliphatic hydroxyl groups excluding tert-OH is 3. The molecule has 0 aromatic heterocycles. The molecule has 0 spiro atoms. The fourth-order valence-electron chi connectivity index (χ4n) is 2.58. The van der Waals surface area contributed by atoms with Crippen LogP contribution in [0.4, 0.5) is 0 Å². The Hall–Kier alpha value is -2.17. The summed E-state index contributed by atoms with van der Waals surface area (Å²) in [6.07, 6.45) is -3.74. The van der Waals surface area contributed by atoms with Crippen LogP contribution in [0, 0.1) is 0 Å². The smallest absolute Gasteiger partial charge is 0.330 e. The van der Waals surface area contributed by atoms with Crippen molar-refractivity contribution in [3.8, 4) is 11.5 Å². The van der Waals surface area contributed by atoms with Crippen molar-refractivity contribution in [2.45, 2.75) is 30.7 Å². The van der Waals surface area contributed by atoms with Crippen LogP contribution in [-0.2, 0) is 19.0 Å². The van der Waals surface area contributed by atoms with Crippen molar-refractivity contribution in [1.29, 1.82) is 0 Å². The Bertz CT molecular complexity index is 658. The minimum absolute atomic E-state index is 0.320. The molecule has 9 heteroatoms. The maximum atomic E-state index is 11.9. The van der Waals surface area contributed by atoms with E-state index >= 15 is 0 Å². The molecule has 0 saturated carbocycles. The lowest BCUT2D eigenvalue weighted by atomic mass is 9.99. The van der Waals surface area contributed by atoms with Crippen LogP contribution in [0.15, 0.2) is 24.3 Å². The molecular weight excluding hydrogens is 360 g/mol. The van der Waals surface area contributed by atoms with Gasteiger partial charge in [-0.25, -0.2) is 4.79 Å². The van der Waals surface area contributed by atoms with Gasteiger partial charge < -0.3 is 39.0 Å². The lowest BCUT2D eigenvalue weighted by molar-refractivity contribution is -0.294. The van der Waals surface area contributed by atoms with E-state index in [1.807, 2.05) is 0 Å². The Kier molecular flexibility index (Phi) is 7.57. The summed E-state index contributed by atoms with van der Waals surface area (Å²) in [6, 6.07) is 5.13. The van der Waals surface area contributed by atoms with E-state index in [9.17, 15) is 20.1 Å². The molecule has 9 nitrogen and oxygen atoms in total. The second-order valence-electron chi connectivity index (χ2n) is 5.83. The van der Waals surface area contributed by atoms with Gasteiger partial charge in [-0.2, -0.15) is 0 Å². The molecule has 3 N–H and O–H groups in total. The Morgan fingerprint density at radius 1 is 1.07 bits per heavy atom. The van der Waals surface area contributed by atoms with Gasteiger partial charge in [0.2, 0.25) is 0 Å². The largest absolute Gasteiger partial charge is 0.493 e. The summed E-state index contributed by atoms with van der Waals surface area (Å²) in [5, 5.41) is 29.4. The summed E-state index contributed by atoms with van der Waals surface area (Å²) in [7, 11) is 4.32. The van der Waals surface area contributed by atoms with E-state index < -0.39 is 36.7 Å². The molecule has 1 aliphatic rings. The van der Waals surface area contributed by atoms with Gasteiger partial charge in [-0.3, -0.25) is 0 Å². The third-order valence-electron chi connectivity index (χ3n) is 4.11. The Morgan fingerprint density at radius 2 is 1.78 bits per heavy atom. The number of benzene rings is 1. The van der Waals surface area contributed by atoms with Crippen LogP contribution in [0.3, 0.4) is 0 Å². The average Bonchev–Trinajstić information content (AvgIpc) is 2.69. The number of carbonyl (C=O) groups is 1. The van der Waals surface area contributed by atoms with Crippen molar-refractivity contribution in [3.63, 3.8) is 0 Å². The van der Waals surface area contributed by atoms with Crippen molar-refractivity contribution >= 4 is 12.0 Å². The number of carbonyl (C=O) groups excluding carboxylic acids is 1. The monoisotopic (exact) mass is 384 g/mol. The molecule has 5 atom stereocenters. The number of hydrogen-bond acceptors (Lipinski definition) is 9. The first-order valence-corrected chi connectivity index (χ1v) is 8.20. The highest BCUT2D eigenvalue weighted by Crippen LogP contribution is 2.28. The molecule has 0 aliphatic carbocycles. The first kappa shape index (κ1) is 21.1. The molecular formula is C18H24O9. The molecule has 0 amide bonds. The summed E-state index contributed by atoms with van der Waals surface area (Å²) in [5.41, 5.74) is 0.691. The van der Waals surface area contributed by atoms with Crippen LogP contribution in [0.2, 0.25) is 0 Å². The summed E-state index contributed by atoms with van der Waals surface area (Å²) in [6.45, 7) is -0.320. The minimum atomic E-state index is -1.48. The molecule has 1 heterocycles. The van der Waals surface area contributed by atoms with Crippen molar-refractivity contribution in [3.05, 3.63) is 29.8 Å². The van der Waals surface area contributed by atoms with Gasteiger partial charge in [-0.1, -0.05) is 6.07 Å². The molecule has 27 heavy (non-hydrogen) atoms. The first-order chi connectivity index (χ1) is 12.9. The van der Waals surface area contributed by atoms with Crippen molar-refractivity contribution in [1.82, 2.24) is 0 Å². The number of methoxy groups -OCH3 is 3. The predicted molar refractivity (Wildman–Crippen MR) is 93.2 cm³/mol. The van der Waals surface area contributed by atoms with Crippen LogP contribution in [0.5, 0.6) is 11.5 Å². The summed E-state index contributed by atoms with van der Waals surface area (Å²) in [5.74, 6) is 0.411. The number of rotatable bonds is 7. The molecule has 0 bridgehead atoms. The SMILES string of the molecule is COc1ccc(/C=C/C(=O)OC[C@H]2O[C@H](OC)[C@H](O)[C@@H](O)[C@@H]2O)cc1OC. The fraction of sp³-hybridized carbons (Fsp3) is 0.500. The topological polar surface area (TPSA) is 124 Å². The highest BCUT2D eigenvalue weighted by Gasteiger charge is 2.44. The molecule has 0 unspecified atom stereocenters. The van der Waals surface area contributed by atoms with Crippen molar-refractivity contribution < 1.29 is 43.8 Å². The van der Waals surface area contributed by atoms with E-state index in [0.717, 1.165) is 0 Å². The van der Waals surface area contributed by atoms with Crippen LogP contribution < -0.4 is 9.47 Å². The molecule has 1 aromatic rings. The number of esters is 1. The lowest BCUT2D eigenvalue weighted by Gasteiger charge is -2.39. The number of hydrogen-bond donors (Lipinski definition) is 3. The Labute approximate surface area is 156 Å². The molecule has 0 radical (unpaired) electrons. The zero-order valence-corrected chi connectivity index (χ0v) is 15.3. The maximum Gasteiger partial charge on any atom is 0.330 e. The molecule has 150 valence electrons. The van der Waals surface area contributed by atoms with Gasteiger partial charge in [-0.05, 0) is 23.8 Å². The van der Waals surface area contributed by atoms with Gasteiger partial charge in [-0.15, -0.1) is 0 Å². The van der Waals surface area contributed by atoms with Crippen LogP contribution in [0.1, 0.15) is 5.56 Å². The van der Waals surface area contributed by atoms with E-state index in [4.69, 9.17) is 23.7 Å². The van der Waals surface area contributed by atoms with Gasteiger partial charge in [0, 0.05) is 13.2 Å².